The molecule has 0 bridgehead atoms. The molecule has 2 saturated heterocycles. The number of ether oxygens (including phenoxy) is 1. The van der Waals surface area contributed by atoms with Crippen LogP contribution in [-0.4, -0.2) is 52.9 Å². The number of amides is 1. The van der Waals surface area contributed by atoms with E-state index in [9.17, 15) is 9.90 Å². The van der Waals surface area contributed by atoms with Gasteiger partial charge in [-0.1, -0.05) is 0 Å². The Morgan fingerprint density at radius 2 is 2.26 bits per heavy atom. The van der Waals surface area contributed by atoms with E-state index in [2.05, 4.69) is 15.6 Å². The molecule has 2 atom stereocenters. The van der Waals surface area contributed by atoms with Crippen molar-refractivity contribution in [2.75, 3.05) is 19.7 Å². The first kappa shape index (κ1) is 16.4. The van der Waals surface area contributed by atoms with Gasteiger partial charge < -0.3 is 30.6 Å². The number of carbonyl (C=O) groups is 1. The fourth-order valence-corrected chi connectivity index (χ4v) is 3.49. The number of nitrogens with zero attached hydrogens (tertiary/aromatic N) is 1. The maximum absolute atomic E-state index is 12.4. The number of rotatable bonds is 3. The number of hydrogen-bond acceptors (Lipinski definition) is 7. The van der Waals surface area contributed by atoms with Crippen LogP contribution >= 0.6 is 0 Å². The second kappa shape index (κ2) is 6.20. The van der Waals surface area contributed by atoms with Crippen LogP contribution in [0.5, 0.6) is 0 Å². The Balaban J connectivity index is 1.75. The minimum atomic E-state index is -0.782. The molecule has 23 heavy (non-hydrogen) atoms. The van der Waals surface area contributed by atoms with Crippen molar-refractivity contribution in [2.45, 2.75) is 50.0 Å². The Labute approximate surface area is 134 Å². The number of nitrogens with two attached hydrogens (primary N) is 1. The lowest BCUT2D eigenvalue weighted by Crippen LogP contribution is -2.69. The minimum Gasteiger partial charge on any atom is -0.447 e. The molecule has 0 aromatic carbocycles. The quantitative estimate of drug-likeness (QED) is 0.592. The van der Waals surface area contributed by atoms with E-state index < -0.39 is 17.2 Å². The zero-order valence-electron chi connectivity index (χ0n) is 13.3. The monoisotopic (exact) mass is 324 g/mol. The summed E-state index contributed by atoms with van der Waals surface area (Å²) in [6.45, 7) is 4.08. The van der Waals surface area contributed by atoms with Gasteiger partial charge in [0, 0.05) is 6.61 Å². The van der Waals surface area contributed by atoms with E-state index in [1.54, 1.807) is 0 Å². The van der Waals surface area contributed by atoms with Gasteiger partial charge in [0.25, 0.3) is 5.91 Å². The van der Waals surface area contributed by atoms with Crippen LogP contribution in [0.1, 0.15) is 42.6 Å². The minimum absolute atomic E-state index is 0.136. The molecule has 8 nitrogen and oxygen atoms in total. The summed E-state index contributed by atoms with van der Waals surface area (Å²) in [5.74, 6) is -0.0661. The number of oxazole rings is 1. The van der Waals surface area contributed by atoms with Crippen LogP contribution in [0.4, 0.5) is 0 Å². The fourth-order valence-electron chi connectivity index (χ4n) is 3.49. The molecule has 128 valence electrons. The molecule has 3 heterocycles. The van der Waals surface area contributed by atoms with E-state index in [-0.39, 0.29) is 18.1 Å². The molecule has 3 rings (SSSR count). The summed E-state index contributed by atoms with van der Waals surface area (Å²) in [6.07, 6.45) is 2.49. The number of nitrogens with one attached hydrogen (secondary N) is 2. The van der Waals surface area contributed by atoms with Crippen molar-refractivity contribution in [2.24, 2.45) is 5.73 Å². The van der Waals surface area contributed by atoms with E-state index in [4.69, 9.17) is 14.9 Å². The van der Waals surface area contributed by atoms with Gasteiger partial charge in [-0.05, 0) is 39.3 Å². The first-order valence-corrected chi connectivity index (χ1v) is 7.99. The number of carbonyl (C=O) groups excluding carboxylic acids is 1. The molecule has 1 aromatic heterocycles. The third-order valence-electron chi connectivity index (χ3n) is 4.92. The van der Waals surface area contributed by atoms with Crippen molar-refractivity contribution in [3.63, 3.8) is 0 Å². The van der Waals surface area contributed by atoms with Crippen molar-refractivity contribution in [3.8, 4) is 0 Å². The molecular weight excluding hydrogens is 300 g/mol. The van der Waals surface area contributed by atoms with Crippen LogP contribution in [0.25, 0.3) is 0 Å². The Morgan fingerprint density at radius 1 is 1.52 bits per heavy atom. The van der Waals surface area contributed by atoms with Crippen LogP contribution in [0.2, 0.25) is 0 Å². The van der Waals surface area contributed by atoms with Crippen molar-refractivity contribution in [3.05, 3.63) is 17.8 Å². The highest BCUT2D eigenvalue weighted by Crippen LogP contribution is 2.38. The molecule has 1 spiro atoms. The Bertz CT molecular complexity index is 564. The lowest BCUT2D eigenvalue weighted by Gasteiger charge is -2.52. The van der Waals surface area contributed by atoms with Gasteiger partial charge in [0.2, 0.25) is 5.89 Å². The molecule has 0 aliphatic carbocycles. The summed E-state index contributed by atoms with van der Waals surface area (Å²) in [5.41, 5.74) is 4.24. The lowest BCUT2D eigenvalue weighted by molar-refractivity contribution is -0.197. The fraction of sp³-hybridized carbons (Fsp3) is 0.733. The maximum Gasteiger partial charge on any atom is 0.273 e. The summed E-state index contributed by atoms with van der Waals surface area (Å²) in [5, 5.41) is 17.1. The largest absolute Gasteiger partial charge is 0.447 e. The number of aliphatic hydroxyl groups is 1. The van der Waals surface area contributed by atoms with E-state index in [0.717, 1.165) is 25.9 Å². The van der Waals surface area contributed by atoms with E-state index in [1.165, 1.54) is 6.26 Å². The third kappa shape index (κ3) is 2.99. The first-order valence-electron chi connectivity index (χ1n) is 7.99. The van der Waals surface area contributed by atoms with Gasteiger partial charge >= 0.3 is 0 Å². The zero-order chi connectivity index (χ0) is 16.5. The van der Waals surface area contributed by atoms with E-state index >= 15 is 0 Å². The predicted molar refractivity (Wildman–Crippen MR) is 81.7 cm³/mol. The zero-order valence-corrected chi connectivity index (χ0v) is 13.3. The standard InChI is InChI=1S/C15H24N4O4/c1-14(19-12(20)10-9-22-11(8-16)18-10)4-7-23-15(13(14)21)2-5-17-6-3-15/h9,13,17,21H,2-8,16H2,1H3,(H,19,20)/t13-,14+/m0/s1. The van der Waals surface area contributed by atoms with Gasteiger partial charge in [-0.3, -0.25) is 4.79 Å². The van der Waals surface area contributed by atoms with Crippen molar-refractivity contribution < 1.29 is 19.1 Å². The Morgan fingerprint density at radius 3 is 2.91 bits per heavy atom. The topological polar surface area (TPSA) is 123 Å². The normalized spacial score (nSPS) is 30.3. The van der Waals surface area contributed by atoms with Crippen LogP contribution < -0.4 is 16.4 Å². The second-order valence-corrected chi connectivity index (χ2v) is 6.52. The summed E-state index contributed by atoms with van der Waals surface area (Å²) in [4.78, 5) is 16.5. The van der Waals surface area contributed by atoms with Crippen molar-refractivity contribution >= 4 is 5.91 Å². The number of aromatic nitrogens is 1. The molecule has 1 aromatic rings. The van der Waals surface area contributed by atoms with Crippen LogP contribution in [0, 0.1) is 0 Å². The molecule has 2 fully saturated rings. The van der Waals surface area contributed by atoms with Crippen LogP contribution in [-0.2, 0) is 11.3 Å². The molecular formula is C15H24N4O4. The highest BCUT2D eigenvalue weighted by molar-refractivity contribution is 5.92. The van der Waals surface area contributed by atoms with Gasteiger partial charge in [-0.15, -0.1) is 0 Å². The Kier molecular flexibility index (Phi) is 4.41. The Hall–Kier alpha value is -1.48. The molecule has 8 heteroatoms. The summed E-state index contributed by atoms with van der Waals surface area (Å²) in [7, 11) is 0. The van der Waals surface area contributed by atoms with Gasteiger partial charge in [0.05, 0.1) is 17.7 Å². The molecule has 2 aliphatic heterocycles. The smallest absolute Gasteiger partial charge is 0.273 e. The summed E-state index contributed by atoms with van der Waals surface area (Å²) >= 11 is 0. The molecule has 0 radical (unpaired) electrons. The van der Waals surface area contributed by atoms with E-state index in [1.807, 2.05) is 6.92 Å². The van der Waals surface area contributed by atoms with Gasteiger partial charge in [-0.2, -0.15) is 0 Å². The third-order valence-corrected chi connectivity index (χ3v) is 4.92. The molecule has 5 N–H and O–H groups in total. The van der Waals surface area contributed by atoms with Gasteiger partial charge in [-0.25, -0.2) is 4.98 Å². The SMILES string of the molecule is C[C@@]1(NC(=O)c2coc(CN)n2)CCOC2(CCNCC2)[C@H]1O. The summed E-state index contributed by atoms with van der Waals surface area (Å²) < 4.78 is 11.0. The second-order valence-electron chi connectivity index (χ2n) is 6.52. The predicted octanol–water partition coefficient (Wildman–Crippen LogP) is -0.475. The molecule has 0 unspecified atom stereocenters. The lowest BCUT2D eigenvalue weighted by atomic mass is 9.73. The average molecular weight is 324 g/mol. The van der Waals surface area contributed by atoms with E-state index in [0.29, 0.717) is 18.9 Å². The highest BCUT2D eigenvalue weighted by Gasteiger charge is 2.53. The number of hydrogen-bond donors (Lipinski definition) is 4. The van der Waals surface area contributed by atoms with Crippen LogP contribution in [0.3, 0.4) is 0 Å². The number of piperidine rings is 1. The van der Waals surface area contributed by atoms with Crippen molar-refractivity contribution in [1.82, 2.24) is 15.6 Å². The molecule has 1 amide bonds. The number of aliphatic hydroxyl groups excluding tert-OH is 1. The van der Waals surface area contributed by atoms with Crippen molar-refractivity contribution in [1.29, 1.82) is 0 Å². The molecule has 0 saturated carbocycles. The molecule has 2 aliphatic rings. The maximum atomic E-state index is 12.4. The van der Waals surface area contributed by atoms with Crippen LogP contribution in [0.15, 0.2) is 10.7 Å². The summed E-state index contributed by atoms with van der Waals surface area (Å²) in [6, 6.07) is 0. The van der Waals surface area contributed by atoms with Gasteiger partial charge in [0.15, 0.2) is 5.69 Å². The average Bonchev–Trinajstić information content (AvgIpc) is 3.03. The first-order chi connectivity index (χ1) is 11.0. The van der Waals surface area contributed by atoms with Gasteiger partial charge in [0.1, 0.15) is 12.4 Å². The highest BCUT2D eigenvalue weighted by atomic mass is 16.5.